The summed E-state index contributed by atoms with van der Waals surface area (Å²) in [5.74, 6) is 0.674. The fourth-order valence-electron chi connectivity index (χ4n) is 1.30. The number of nitriles is 1. The molecule has 0 unspecified atom stereocenters. The number of hydrogen-bond acceptors (Lipinski definition) is 3. The van der Waals surface area contributed by atoms with E-state index in [0.717, 1.165) is 11.1 Å². The Kier molecular flexibility index (Phi) is 2.76. The molecule has 1 rings (SSSR count). The van der Waals surface area contributed by atoms with Gasteiger partial charge in [0.05, 0.1) is 25.3 Å². The number of ether oxygens (including phenoxy) is 1. The summed E-state index contributed by atoms with van der Waals surface area (Å²) < 4.78 is 5.13. The van der Waals surface area contributed by atoms with Crippen LogP contribution in [-0.4, -0.2) is 7.11 Å². The van der Waals surface area contributed by atoms with Crippen LogP contribution in [0.15, 0.2) is 12.1 Å². The topological polar surface area (TPSA) is 59.0 Å². The molecule has 1 aromatic rings. The molecule has 13 heavy (non-hydrogen) atoms. The van der Waals surface area contributed by atoms with Crippen LogP contribution in [0.3, 0.4) is 0 Å². The number of methoxy groups -OCH3 is 1. The second kappa shape index (κ2) is 3.81. The summed E-state index contributed by atoms with van der Waals surface area (Å²) in [7, 11) is 1.58. The van der Waals surface area contributed by atoms with E-state index in [0.29, 0.717) is 17.9 Å². The Hall–Kier alpha value is -1.69. The summed E-state index contributed by atoms with van der Waals surface area (Å²) in [5, 5.41) is 8.55. The van der Waals surface area contributed by atoms with Gasteiger partial charge in [-0.15, -0.1) is 0 Å². The van der Waals surface area contributed by atoms with Crippen molar-refractivity contribution < 1.29 is 4.74 Å². The van der Waals surface area contributed by atoms with Gasteiger partial charge in [-0.25, -0.2) is 0 Å². The van der Waals surface area contributed by atoms with Crippen LogP contribution in [0.4, 0.5) is 5.69 Å². The molecule has 0 fully saturated rings. The summed E-state index contributed by atoms with van der Waals surface area (Å²) >= 11 is 0. The maximum Gasteiger partial charge on any atom is 0.144 e. The van der Waals surface area contributed by atoms with Gasteiger partial charge in [0.15, 0.2) is 0 Å². The maximum absolute atomic E-state index is 8.55. The molecule has 0 aromatic heterocycles. The first-order valence-corrected chi connectivity index (χ1v) is 3.99. The van der Waals surface area contributed by atoms with Gasteiger partial charge < -0.3 is 10.5 Å². The molecule has 0 saturated carbocycles. The molecule has 0 bridgehead atoms. The van der Waals surface area contributed by atoms with Gasteiger partial charge in [-0.1, -0.05) is 6.07 Å². The van der Waals surface area contributed by atoms with Crippen LogP contribution in [0.2, 0.25) is 0 Å². The molecule has 0 spiro atoms. The zero-order valence-electron chi connectivity index (χ0n) is 7.79. The molecule has 0 saturated heterocycles. The van der Waals surface area contributed by atoms with Crippen LogP contribution in [0.25, 0.3) is 0 Å². The molecular weight excluding hydrogens is 164 g/mol. The quantitative estimate of drug-likeness (QED) is 0.697. The molecule has 3 nitrogen and oxygen atoms in total. The van der Waals surface area contributed by atoms with Crippen molar-refractivity contribution in [1.29, 1.82) is 5.26 Å². The van der Waals surface area contributed by atoms with Crippen molar-refractivity contribution in [3.63, 3.8) is 0 Å². The molecule has 68 valence electrons. The Labute approximate surface area is 77.7 Å². The Morgan fingerprint density at radius 2 is 2.23 bits per heavy atom. The maximum atomic E-state index is 8.55. The lowest BCUT2D eigenvalue weighted by Gasteiger charge is -2.10. The Bertz CT molecular complexity index is 353. The van der Waals surface area contributed by atoms with E-state index in [1.54, 1.807) is 13.2 Å². The Balaban J connectivity index is 3.21. The SMILES string of the molecule is COc1c(N)ccc(CC#N)c1C. The second-order valence-electron chi connectivity index (χ2n) is 2.81. The highest BCUT2D eigenvalue weighted by Gasteiger charge is 2.07. The average molecular weight is 176 g/mol. The molecule has 0 aliphatic rings. The van der Waals surface area contributed by atoms with Crippen molar-refractivity contribution >= 4 is 5.69 Å². The molecular formula is C10H12N2O. The summed E-state index contributed by atoms with van der Waals surface area (Å²) in [5.41, 5.74) is 8.22. The van der Waals surface area contributed by atoms with Crippen molar-refractivity contribution in [3.8, 4) is 11.8 Å². The van der Waals surface area contributed by atoms with E-state index in [9.17, 15) is 0 Å². The van der Waals surface area contributed by atoms with Crippen molar-refractivity contribution in [1.82, 2.24) is 0 Å². The minimum Gasteiger partial charge on any atom is -0.494 e. The van der Waals surface area contributed by atoms with E-state index < -0.39 is 0 Å². The largest absolute Gasteiger partial charge is 0.494 e. The number of nitrogen functional groups attached to an aromatic ring is 1. The Morgan fingerprint density at radius 1 is 1.54 bits per heavy atom. The molecule has 3 heteroatoms. The third-order valence-electron chi connectivity index (χ3n) is 2.02. The number of nitrogens with two attached hydrogens (primary N) is 1. The van der Waals surface area contributed by atoms with Gasteiger partial charge in [-0.2, -0.15) is 5.26 Å². The van der Waals surface area contributed by atoms with Crippen LogP contribution in [0.5, 0.6) is 5.75 Å². The summed E-state index contributed by atoms with van der Waals surface area (Å²) in [6.45, 7) is 1.90. The number of hydrogen-bond donors (Lipinski definition) is 1. The van der Waals surface area contributed by atoms with Crippen LogP contribution in [0, 0.1) is 18.3 Å². The molecule has 0 radical (unpaired) electrons. The molecule has 1 aromatic carbocycles. The third-order valence-corrected chi connectivity index (χ3v) is 2.02. The Morgan fingerprint density at radius 3 is 2.77 bits per heavy atom. The van der Waals surface area contributed by atoms with Crippen LogP contribution in [-0.2, 0) is 6.42 Å². The van der Waals surface area contributed by atoms with E-state index in [2.05, 4.69) is 6.07 Å². The number of benzene rings is 1. The zero-order valence-corrected chi connectivity index (χ0v) is 7.79. The molecule has 0 atom stereocenters. The lowest BCUT2D eigenvalue weighted by Crippen LogP contribution is -1.98. The fraction of sp³-hybridized carbons (Fsp3) is 0.300. The average Bonchev–Trinajstić information content (AvgIpc) is 2.11. The third kappa shape index (κ3) is 1.73. The number of rotatable bonds is 2. The van der Waals surface area contributed by atoms with E-state index in [1.165, 1.54) is 0 Å². The van der Waals surface area contributed by atoms with Gasteiger partial charge >= 0.3 is 0 Å². The predicted molar refractivity (Wildman–Crippen MR) is 51.5 cm³/mol. The minimum absolute atomic E-state index is 0.391. The van der Waals surface area contributed by atoms with Crippen LogP contribution >= 0.6 is 0 Å². The van der Waals surface area contributed by atoms with Crippen LogP contribution in [0.1, 0.15) is 11.1 Å². The van der Waals surface area contributed by atoms with Gasteiger partial charge in [0.1, 0.15) is 5.75 Å². The lowest BCUT2D eigenvalue weighted by atomic mass is 10.0. The van der Waals surface area contributed by atoms with Crippen molar-refractivity contribution in [2.75, 3.05) is 12.8 Å². The highest BCUT2D eigenvalue weighted by Crippen LogP contribution is 2.28. The van der Waals surface area contributed by atoms with E-state index in [1.807, 2.05) is 13.0 Å². The monoisotopic (exact) mass is 176 g/mol. The zero-order chi connectivity index (χ0) is 9.84. The molecule has 0 aliphatic carbocycles. The molecule has 2 N–H and O–H groups in total. The van der Waals surface area contributed by atoms with Gasteiger partial charge in [0.2, 0.25) is 0 Å². The normalized spacial score (nSPS) is 9.31. The predicted octanol–water partition coefficient (Wildman–Crippen LogP) is 1.65. The number of nitrogens with zero attached hydrogens (tertiary/aromatic N) is 1. The standard InChI is InChI=1S/C10H12N2O/c1-7-8(5-6-11)3-4-9(12)10(7)13-2/h3-4H,5,12H2,1-2H3. The first kappa shape index (κ1) is 9.40. The second-order valence-corrected chi connectivity index (χ2v) is 2.81. The van der Waals surface area contributed by atoms with E-state index in [4.69, 9.17) is 15.7 Å². The van der Waals surface area contributed by atoms with Gasteiger partial charge in [-0.3, -0.25) is 0 Å². The van der Waals surface area contributed by atoms with E-state index in [-0.39, 0.29) is 0 Å². The first-order valence-electron chi connectivity index (χ1n) is 3.99. The van der Waals surface area contributed by atoms with Crippen molar-refractivity contribution in [3.05, 3.63) is 23.3 Å². The van der Waals surface area contributed by atoms with Gasteiger partial charge in [0.25, 0.3) is 0 Å². The summed E-state index contributed by atoms with van der Waals surface area (Å²) in [6.07, 6.45) is 0.391. The van der Waals surface area contributed by atoms with Crippen LogP contribution < -0.4 is 10.5 Å². The fourth-order valence-corrected chi connectivity index (χ4v) is 1.30. The van der Waals surface area contributed by atoms with E-state index >= 15 is 0 Å². The summed E-state index contributed by atoms with van der Waals surface area (Å²) in [4.78, 5) is 0. The van der Waals surface area contributed by atoms with Gasteiger partial charge in [0, 0.05) is 0 Å². The minimum atomic E-state index is 0.391. The molecule has 0 aliphatic heterocycles. The highest BCUT2D eigenvalue weighted by molar-refractivity contribution is 5.59. The van der Waals surface area contributed by atoms with Gasteiger partial charge in [-0.05, 0) is 24.1 Å². The lowest BCUT2D eigenvalue weighted by molar-refractivity contribution is 0.413. The molecule has 0 amide bonds. The van der Waals surface area contributed by atoms with Crippen molar-refractivity contribution in [2.45, 2.75) is 13.3 Å². The number of anilines is 1. The highest BCUT2D eigenvalue weighted by atomic mass is 16.5. The first-order chi connectivity index (χ1) is 6.20. The molecule has 0 heterocycles. The van der Waals surface area contributed by atoms with Crippen molar-refractivity contribution in [2.24, 2.45) is 0 Å². The summed E-state index contributed by atoms with van der Waals surface area (Å²) in [6, 6.07) is 5.72. The smallest absolute Gasteiger partial charge is 0.144 e.